The quantitative estimate of drug-likeness (QED) is 0.838. The van der Waals surface area contributed by atoms with E-state index in [0.29, 0.717) is 22.5 Å². The number of hydrogen-bond donors (Lipinski definition) is 2. The number of hydrogen-bond acceptors (Lipinski definition) is 4. The van der Waals surface area contributed by atoms with E-state index in [0.717, 1.165) is 12.0 Å². The van der Waals surface area contributed by atoms with Crippen molar-refractivity contribution in [1.29, 1.82) is 0 Å². The van der Waals surface area contributed by atoms with Gasteiger partial charge in [0, 0.05) is 16.6 Å². The summed E-state index contributed by atoms with van der Waals surface area (Å²) >= 11 is 12.0. The number of nitrogens with one attached hydrogen (secondary N) is 2. The van der Waals surface area contributed by atoms with E-state index in [4.69, 9.17) is 23.2 Å². The van der Waals surface area contributed by atoms with Crippen LogP contribution in [0.1, 0.15) is 18.0 Å². The molecule has 0 aromatic heterocycles. The largest absolute Gasteiger partial charge is 0.453 e. The molecule has 5 nitrogen and oxygen atoms in total. The second-order valence-corrected chi connectivity index (χ2v) is 4.91. The molecule has 1 aromatic carbocycles. The van der Waals surface area contributed by atoms with Gasteiger partial charge in [0.2, 0.25) is 5.96 Å². The Balaban J connectivity index is 2.10. The lowest BCUT2D eigenvalue weighted by Gasteiger charge is -2.25. The Morgan fingerprint density at radius 3 is 2.74 bits per heavy atom. The number of guanidine groups is 1. The molecular weight excluding hydrogens is 289 g/mol. The summed E-state index contributed by atoms with van der Waals surface area (Å²) in [6.45, 7) is 0.598. The molecule has 1 aliphatic heterocycles. The van der Waals surface area contributed by atoms with Gasteiger partial charge in [-0.05, 0) is 30.2 Å². The first kappa shape index (κ1) is 14.0. The van der Waals surface area contributed by atoms with Gasteiger partial charge in [0.1, 0.15) is 0 Å². The molecule has 0 fully saturated rings. The van der Waals surface area contributed by atoms with E-state index in [9.17, 15) is 4.79 Å². The second kappa shape index (κ2) is 6.12. The maximum absolute atomic E-state index is 11.1. The number of nitrogens with zero attached hydrogens (tertiary/aromatic N) is 1. The van der Waals surface area contributed by atoms with Crippen LogP contribution in [0.15, 0.2) is 23.2 Å². The molecule has 102 valence electrons. The van der Waals surface area contributed by atoms with Crippen LogP contribution in [0.4, 0.5) is 4.79 Å². The number of rotatable bonds is 1. The lowest BCUT2D eigenvalue weighted by molar-refractivity contribution is 0.176. The summed E-state index contributed by atoms with van der Waals surface area (Å²) in [4.78, 5) is 15.3. The molecule has 19 heavy (non-hydrogen) atoms. The predicted molar refractivity (Wildman–Crippen MR) is 74.8 cm³/mol. The average Bonchev–Trinajstić information content (AvgIpc) is 2.38. The molecule has 7 heteroatoms. The molecule has 1 aliphatic rings. The lowest BCUT2D eigenvalue weighted by Crippen LogP contribution is -2.45. The third-order valence-electron chi connectivity index (χ3n) is 2.69. The molecule has 0 saturated carbocycles. The van der Waals surface area contributed by atoms with Crippen molar-refractivity contribution in [3.8, 4) is 0 Å². The van der Waals surface area contributed by atoms with Crippen molar-refractivity contribution in [3.05, 3.63) is 33.8 Å². The summed E-state index contributed by atoms with van der Waals surface area (Å²) in [5.41, 5.74) is 0.955. The molecule has 1 atom stereocenters. The van der Waals surface area contributed by atoms with Crippen molar-refractivity contribution in [2.24, 2.45) is 4.99 Å². The number of amides is 1. The van der Waals surface area contributed by atoms with Gasteiger partial charge in [0.05, 0.1) is 13.2 Å². The monoisotopic (exact) mass is 301 g/mol. The molecule has 1 aromatic rings. The van der Waals surface area contributed by atoms with Crippen LogP contribution >= 0.6 is 23.2 Å². The lowest BCUT2D eigenvalue weighted by atomic mass is 10.0. The van der Waals surface area contributed by atoms with E-state index in [1.165, 1.54) is 7.11 Å². The number of alkyl carbamates (subject to hydrolysis) is 1. The molecule has 0 aliphatic carbocycles. The maximum Gasteiger partial charge on any atom is 0.413 e. The van der Waals surface area contributed by atoms with Crippen molar-refractivity contribution in [3.63, 3.8) is 0 Å². The maximum atomic E-state index is 11.1. The van der Waals surface area contributed by atoms with Crippen LogP contribution in [0.3, 0.4) is 0 Å². The van der Waals surface area contributed by atoms with E-state index < -0.39 is 6.09 Å². The van der Waals surface area contributed by atoms with Crippen LogP contribution in [0.2, 0.25) is 10.0 Å². The zero-order valence-electron chi connectivity index (χ0n) is 10.2. The summed E-state index contributed by atoms with van der Waals surface area (Å²) in [5.74, 6) is 0.388. The predicted octanol–water partition coefficient (Wildman–Crippen LogP) is 2.74. The first-order chi connectivity index (χ1) is 9.08. The van der Waals surface area contributed by atoms with E-state index in [2.05, 4.69) is 20.4 Å². The molecule has 2 rings (SSSR count). The van der Waals surface area contributed by atoms with Gasteiger partial charge in [-0.1, -0.05) is 23.2 Å². The van der Waals surface area contributed by atoms with Crippen molar-refractivity contribution >= 4 is 35.3 Å². The van der Waals surface area contributed by atoms with E-state index in [1.54, 1.807) is 6.07 Å². The minimum absolute atomic E-state index is 0.000793. The molecule has 2 N–H and O–H groups in total. The summed E-state index contributed by atoms with van der Waals surface area (Å²) in [7, 11) is 1.30. The van der Waals surface area contributed by atoms with Gasteiger partial charge in [-0.3, -0.25) is 10.3 Å². The topological polar surface area (TPSA) is 62.7 Å². The molecular formula is C12H13Cl2N3O2. The van der Waals surface area contributed by atoms with Crippen molar-refractivity contribution < 1.29 is 9.53 Å². The minimum Gasteiger partial charge on any atom is -0.453 e. The number of aliphatic imine (C=N–C) groups is 1. The first-order valence-electron chi connectivity index (χ1n) is 5.70. The van der Waals surface area contributed by atoms with Crippen LogP contribution in [0, 0.1) is 0 Å². The van der Waals surface area contributed by atoms with Gasteiger partial charge < -0.3 is 10.1 Å². The standard InChI is InChI=1S/C12H13Cl2N3O2/c1-19-12(18)17-11-15-3-2-10(16-11)7-4-8(13)6-9(14)5-7/h4-6,10H,2-3H2,1H3,(H2,15,16,17,18). The summed E-state index contributed by atoms with van der Waals surface area (Å²) in [6, 6.07) is 5.36. The summed E-state index contributed by atoms with van der Waals surface area (Å²) in [5, 5.41) is 6.78. The van der Waals surface area contributed by atoms with Crippen LogP contribution in [0.25, 0.3) is 0 Å². The van der Waals surface area contributed by atoms with Gasteiger partial charge >= 0.3 is 6.09 Å². The van der Waals surface area contributed by atoms with Crippen molar-refractivity contribution in [2.45, 2.75) is 12.5 Å². The van der Waals surface area contributed by atoms with Crippen LogP contribution in [-0.2, 0) is 4.74 Å². The molecule has 1 heterocycles. The second-order valence-electron chi connectivity index (χ2n) is 4.04. The normalized spacial score (nSPS) is 18.3. The highest BCUT2D eigenvalue weighted by atomic mass is 35.5. The van der Waals surface area contributed by atoms with Crippen LogP contribution < -0.4 is 10.6 Å². The summed E-state index contributed by atoms with van der Waals surface area (Å²) in [6.07, 6.45) is 0.235. The number of carbonyl (C=O) groups excluding carboxylic acids is 1. The highest BCUT2D eigenvalue weighted by Crippen LogP contribution is 2.26. The SMILES string of the molecule is COC(=O)NC1=NCCC(c2cc(Cl)cc(Cl)c2)N1. The Morgan fingerprint density at radius 1 is 1.42 bits per heavy atom. The molecule has 0 saturated heterocycles. The Kier molecular flexibility index (Phi) is 4.50. The Bertz CT molecular complexity index is 499. The Hall–Kier alpha value is -1.46. The fraction of sp³-hybridized carbons (Fsp3) is 0.333. The van der Waals surface area contributed by atoms with E-state index >= 15 is 0 Å². The molecule has 1 unspecified atom stereocenters. The zero-order valence-corrected chi connectivity index (χ0v) is 11.8. The zero-order chi connectivity index (χ0) is 13.8. The average molecular weight is 302 g/mol. The fourth-order valence-electron chi connectivity index (χ4n) is 1.84. The highest BCUT2D eigenvalue weighted by molar-refractivity contribution is 6.34. The van der Waals surface area contributed by atoms with Crippen molar-refractivity contribution in [1.82, 2.24) is 10.6 Å². The van der Waals surface area contributed by atoms with Crippen LogP contribution in [-0.4, -0.2) is 25.7 Å². The van der Waals surface area contributed by atoms with Crippen molar-refractivity contribution in [2.75, 3.05) is 13.7 Å². The van der Waals surface area contributed by atoms with E-state index in [1.807, 2.05) is 12.1 Å². The first-order valence-corrected chi connectivity index (χ1v) is 6.46. The molecule has 0 bridgehead atoms. The van der Waals surface area contributed by atoms with Gasteiger partial charge in [-0.25, -0.2) is 4.79 Å². The third-order valence-corrected chi connectivity index (χ3v) is 3.13. The number of methoxy groups -OCH3 is 1. The van der Waals surface area contributed by atoms with E-state index in [-0.39, 0.29) is 6.04 Å². The number of halogens is 2. The molecule has 1 amide bonds. The van der Waals surface area contributed by atoms with Gasteiger partial charge in [-0.15, -0.1) is 0 Å². The Labute approximate surface area is 120 Å². The molecule has 0 radical (unpaired) electrons. The fourth-order valence-corrected chi connectivity index (χ4v) is 2.38. The smallest absolute Gasteiger partial charge is 0.413 e. The number of benzene rings is 1. The molecule has 0 spiro atoms. The van der Waals surface area contributed by atoms with Crippen LogP contribution in [0.5, 0.6) is 0 Å². The Morgan fingerprint density at radius 2 is 2.11 bits per heavy atom. The van der Waals surface area contributed by atoms with Gasteiger partial charge in [0.15, 0.2) is 0 Å². The minimum atomic E-state index is -0.559. The highest BCUT2D eigenvalue weighted by Gasteiger charge is 2.19. The third kappa shape index (κ3) is 3.75. The number of ether oxygens (including phenoxy) is 1. The summed E-state index contributed by atoms with van der Waals surface area (Å²) < 4.78 is 4.52. The van der Waals surface area contributed by atoms with Gasteiger partial charge in [-0.2, -0.15) is 0 Å². The number of carbonyl (C=O) groups is 1. The van der Waals surface area contributed by atoms with Gasteiger partial charge in [0.25, 0.3) is 0 Å².